The summed E-state index contributed by atoms with van der Waals surface area (Å²) in [6, 6.07) is 8.25. The molecule has 3 bridgehead atoms. The number of hydrogen-bond donors (Lipinski definition) is 0. The van der Waals surface area contributed by atoms with Crippen molar-refractivity contribution in [3.8, 4) is 10.8 Å². The van der Waals surface area contributed by atoms with E-state index in [1.165, 1.54) is 10.1 Å². The third-order valence-corrected chi connectivity index (χ3v) is 2.66. The van der Waals surface area contributed by atoms with Crippen molar-refractivity contribution in [2.45, 2.75) is 0 Å². The average molecular weight is 176 g/mol. The Morgan fingerprint density at radius 1 is 1.18 bits per heavy atom. The molecule has 0 amide bonds. The molecule has 0 fully saturated rings. The summed E-state index contributed by atoms with van der Waals surface area (Å²) in [7, 11) is 0. The molecule has 0 atom stereocenters. The molecule has 0 unspecified atom stereocenters. The number of fused-ring (bicyclic) bond motifs is 2. The maximum Gasteiger partial charge on any atom is 0.182 e. The quantitative estimate of drug-likeness (QED) is 0.478. The van der Waals surface area contributed by atoms with Crippen LogP contribution >= 0.6 is 11.3 Å². The summed E-state index contributed by atoms with van der Waals surface area (Å²) in [6.45, 7) is 0. The van der Waals surface area contributed by atoms with Crippen molar-refractivity contribution < 1.29 is 4.74 Å². The molecule has 0 saturated heterocycles. The monoisotopic (exact) mass is 176 g/mol. The third-order valence-electron chi connectivity index (χ3n) is 1.69. The van der Waals surface area contributed by atoms with Gasteiger partial charge in [-0.25, -0.2) is 0 Å². The maximum atomic E-state index is 5.42. The molecular formula is C8H4OSSi. The molecule has 1 aliphatic heterocycles. The summed E-state index contributed by atoms with van der Waals surface area (Å²) in [6.07, 6.45) is 0. The van der Waals surface area contributed by atoms with Crippen molar-refractivity contribution in [2.75, 3.05) is 0 Å². The van der Waals surface area contributed by atoms with Gasteiger partial charge in [-0.15, -0.1) is 0 Å². The Hall–Kier alpha value is -0.803. The van der Waals surface area contributed by atoms with Crippen molar-refractivity contribution in [1.29, 1.82) is 0 Å². The van der Waals surface area contributed by atoms with Crippen LogP contribution in [0.2, 0.25) is 0 Å². The molecule has 4 radical (unpaired) electrons. The first-order valence-electron chi connectivity index (χ1n) is 3.13. The molecule has 11 heavy (non-hydrogen) atoms. The van der Waals surface area contributed by atoms with E-state index in [0.717, 1.165) is 10.8 Å². The molecule has 3 rings (SSSR count). The van der Waals surface area contributed by atoms with E-state index in [1.54, 1.807) is 11.3 Å². The molecule has 2 aromatic rings. The number of rotatable bonds is 0. The second-order valence-corrected chi connectivity index (χ2v) is 3.41. The Balaban J connectivity index is 0.000000480. The van der Waals surface area contributed by atoms with Gasteiger partial charge in [0.2, 0.25) is 0 Å². The van der Waals surface area contributed by atoms with Gasteiger partial charge in [-0.2, -0.15) is 0 Å². The van der Waals surface area contributed by atoms with E-state index < -0.39 is 0 Å². The number of ether oxygens (including phenoxy) is 1. The van der Waals surface area contributed by atoms with Crippen molar-refractivity contribution in [3.63, 3.8) is 0 Å². The van der Waals surface area contributed by atoms with Gasteiger partial charge in [0.1, 0.15) is 5.75 Å². The predicted octanol–water partition coefficient (Wildman–Crippen LogP) is 2.63. The van der Waals surface area contributed by atoms with E-state index in [-0.39, 0.29) is 11.0 Å². The molecule has 1 aromatic heterocycles. The summed E-state index contributed by atoms with van der Waals surface area (Å²) in [4.78, 5) is 0. The minimum absolute atomic E-state index is 0. The van der Waals surface area contributed by atoms with Crippen LogP contribution in [0, 0.1) is 0 Å². The second-order valence-electron chi connectivity index (χ2n) is 2.37. The van der Waals surface area contributed by atoms with Gasteiger partial charge in [0, 0.05) is 21.7 Å². The SMILES string of the molecule is [Si].c1cc2cc3sc2cc1O3. The highest BCUT2D eigenvalue weighted by Gasteiger charge is 2.10. The van der Waals surface area contributed by atoms with Gasteiger partial charge in [0.25, 0.3) is 0 Å². The Labute approximate surface area is 72.6 Å². The lowest BCUT2D eigenvalue weighted by atomic mass is 10.3. The molecule has 0 saturated carbocycles. The second kappa shape index (κ2) is 2.09. The van der Waals surface area contributed by atoms with Crippen LogP contribution in [0.1, 0.15) is 0 Å². The molecule has 3 heteroatoms. The molecule has 1 aliphatic rings. The van der Waals surface area contributed by atoms with Crippen LogP contribution in [0.3, 0.4) is 0 Å². The lowest BCUT2D eigenvalue weighted by Crippen LogP contribution is -1.78. The normalized spacial score (nSPS) is 11.6. The zero-order chi connectivity index (χ0) is 6.55. The van der Waals surface area contributed by atoms with Gasteiger partial charge in [-0.3, -0.25) is 0 Å². The lowest BCUT2D eigenvalue weighted by Gasteiger charge is -2.02. The van der Waals surface area contributed by atoms with E-state index in [2.05, 4.69) is 18.2 Å². The smallest absolute Gasteiger partial charge is 0.182 e. The average Bonchev–Trinajstić information content (AvgIpc) is 2.11. The van der Waals surface area contributed by atoms with Crippen molar-refractivity contribution in [2.24, 2.45) is 0 Å². The highest BCUT2D eigenvalue weighted by molar-refractivity contribution is 7.21. The van der Waals surface area contributed by atoms with Crippen LogP contribution in [0.4, 0.5) is 0 Å². The fraction of sp³-hybridized carbons (Fsp3) is 0. The van der Waals surface area contributed by atoms with Crippen molar-refractivity contribution >= 4 is 32.4 Å². The standard InChI is InChI=1S/C8H4OS.Si/c1-2-6-4-7-5(1)3-8(9-6)10-7;/h1-4H;. The van der Waals surface area contributed by atoms with Gasteiger partial charge in [0.15, 0.2) is 5.06 Å². The van der Waals surface area contributed by atoms with Crippen molar-refractivity contribution in [1.82, 2.24) is 0 Å². The number of hydrogen-bond acceptors (Lipinski definition) is 2. The predicted molar refractivity (Wildman–Crippen MR) is 47.7 cm³/mol. The molecule has 1 aromatic carbocycles. The summed E-state index contributed by atoms with van der Waals surface area (Å²) in [5, 5.41) is 2.31. The van der Waals surface area contributed by atoms with Gasteiger partial charge in [-0.1, -0.05) is 11.3 Å². The van der Waals surface area contributed by atoms with Crippen LogP contribution in [0.15, 0.2) is 24.3 Å². The summed E-state index contributed by atoms with van der Waals surface area (Å²) < 4.78 is 6.76. The van der Waals surface area contributed by atoms with Gasteiger partial charge in [-0.05, 0) is 23.6 Å². The Kier molecular flexibility index (Phi) is 1.31. The highest BCUT2D eigenvalue weighted by atomic mass is 32.1. The molecule has 0 N–H and O–H groups in total. The van der Waals surface area contributed by atoms with Gasteiger partial charge >= 0.3 is 0 Å². The molecule has 52 valence electrons. The molecular weight excluding hydrogens is 172 g/mol. The maximum absolute atomic E-state index is 5.42. The fourth-order valence-electron chi connectivity index (χ4n) is 1.22. The molecule has 0 spiro atoms. The first kappa shape index (κ1) is 6.88. The zero-order valence-corrected chi connectivity index (χ0v) is 7.44. The summed E-state index contributed by atoms with van der Waals surface area (Å²) in [5.74, 6) is 0.973. The topological polar surface area (TPSA) is 9.23 Å². The van der Waals surface area contributed by atoms with Crippen LogP contribution in [-0.4, -0.2) is 11.0 Å². The van der Waals surface area contributed by atoms with E-state index in [0.29, 0.717) is 0 Å². The minimum atomic E-state index is 0. The summed E-state index contributed by atoms with van der Waals surface area (Å²) in [5.41, 5.74) is 0. The summed E-state index contributed by atoms with van der Waals surface area (Å²) >= 11 is 1.71. The van der Waals surface area contributed by atoms with E-state index in [9.17, 15) is 0 Å². The van der Waals surface area contributed by atoms with Crippen LogP contribution in [0.25, 0.3) is 10.1 Å². The molecule has 1 nitrogen and oxygen atoms in total. The fourth-order valence-corrected chi connectivity index (χ4v) is 2.18. The Morgan fingerprint density at radius 3 is 3.00 bits per heavy atom. The van der Waals surface area contributed by atoms with E-state index >= 15 is 0 Å². The van der Waals surface area contributed by atoms with E-state index in [1.807, 2.05) is 6.07 Å². The third kappa shape index (κ3) is 0.814. The lowest BCUT2D eigenvalue weighted by molar-refractivity contribution is 0.498. The highest BCUT2D eigenvalue weighted by Crippen LogP contribution is 2.41. The van der Waals surface area contributed by atoms with Crippen LogP contribution in [-0.2, 0) is 0 Å². The first-order chi connectivity index (χ1) is 4.92. The van der Waals surface area contributed by atoms with Crippen molar-refractivity contribution in [3.05, 3.63) is 24.3 Å². The molecule has 0 aliphatic carbocycles. The number of benzene rings is 1. The van der Waals surface area contributed by atoms with E-state index in [4.69, 9.17) is 4.74 Å². The Morgan fingerprint density at radius 2 is 2.09 bits per heavy atom. The minimum Gasteiger partial charge on any atom is -0.447 e. The largest absolute Gasteiger partial charge is 0.447 e. The first-order valence-corrected chi connectivity index (χ1v) is 3.95. The van der Waals surface area contributed by atoms with Gasteiger partial charge in [0.05, 0.1) is 0 Å². The van der Waals surface area contributed by atoms with Crippen LogP contribution in [0.5, 0.6) is 10.8 Å². The molecule has 2 heterocycles. The van der Waals surface area contributed by atoms with Gasteiger partial charge < -0.3 is 4.74 Å². The Bertz CT molecular complexity index is 394. The zero-order valence-electron chi connectivity index (χ0n) is 5.63. The number of thiophene rings is 1. The van der Waals surface area contributed by atoms with Crippen LogP contribution < -0.4 is 4.74 Å².